The molecule has 23 heavy (non-hydrogen) atoms. The van der Waals surface area contributed by atoms with E-state index in [9.17, 15) is 10.2 Å². The van der Waals surface area contributed by atoms with Crippen LogP contribution < -0.4 is 4.74 Å². The fourth-order valence-electron chi connectivity index (χ4n) is 2.32. The number of phenolic OH excluding ortho intramolecular Hbond substituents is 2. The predicted octanol–water partition coefficient (Wildman–Crippen LogP) is 3.89. The maximum atomic E-state index is 9.67. The van der Waals surface area contributed by atoms with Crippen LogP contribution >= 0.6 is 12.4 Å². The second-order valence-electron chi connectivity index (χ2n) is 4.99. The number of aromatic amines is 1. The average molecular weight is 333 g/mol. The van der Waals surface area contributed by atoms with Crippen molar-refractivity contribution in [1.82, 2.24) is 9.97 Å². The van der Waals surface area contributed by atoms with Crippen LogP contribution in [0.4, 0.5) is 0 Å². The number of aryl methyl sites for hydroxylation is 1. The molecule has 3 rings (SSSR count). The molecule has 3 aromatic rings. The van der Waals surface area contributed by atoms with Crippen molar-refractivity contribution >= 4 is 12.4 Å². The number of nitrogens with zero attached hydrogens (tertiary/aromatic N) is 1. The zero-order valence-corrected chi connectivity index (χ0v) is 13.5. The summed E-state index contributed by atoms with van der Waals surface area (Å²) < 4.78 is 5.12. The van der Waals surface area contributed by atoms with Crippen LogP contribution in [0.1, 0.15) is 5.69 Å². The number of H-pyrrole nitrogens is 1. The first kappa shape index (κ1) is 16.7. The number of ether oxygens (including phenoxy) is 1. The molecule has 6 heteroatoms. The second-order valence-corrected chi connectivity index (χ2v) is 4.99. The fourth-order valence-corrected chi connectivity index (χ4v) is 2.32. The lowest BCUT2D eigenvalue weighted by atomic mass is 10.1. The molecule has 0 bridgehead atoms. The zero-order chi connectivity index (χ0) is 15.7. The number of aromatic nitrogens is 2. The topological polar surface area (TPSA) is 78.4 Å². The van der Waals surface area contributed by atoms with E-state index >= 15 is 0 Å². The van der Waals surface area contributed by atoms with E-state index in [1.54, 1.807) is 30.3 Å². The van der Waals surface area contributed by atoms with Crippen molar-refractivity contribution in [3.8, 4) is 39.9 Å². The maximum absolute atomic E-state index is 9.67. The van der Waals surface area contributed by atoms with Gasteiger partial charge in [0.05, 0.1) is 12.8 Å². The van der Waals surface area contributed by atoms with Gasteiger partial charge >= 0.3 is 0 Å². The van der Waals surface area contributed by atoms with Crippen LogP contribution in [-0.2, 0) is 0 Å². The lowest BCUT2D eigenvalue weighted by Crippen LogP contribution is -1.86. The van der Waals surface area contributed by atoms with Crippen LogP contribution in [0.15, 0.2) is 42.5 Å². The lowest BCUT2D eigenvalue weighted by Gasteiger charge is -2.04. The SMILES string of the molecule is COc1cc(-c2nc(-c3ccc(O)cc3)c(C)[nH]2)ccc1O.Cl. The Bertz CT molecular complexity index is 813. The van der Waals surface area contributed by atoms with Gasteiger partial charge in [0.2, 0.25) is 0 Å². The third kappa shape index (κ3) is 3.24. The van der Waals surface area contributed by atoms with Crippen molar-refractivity contribution in [3.63, 3.8) is 0 Å². The van der Waals surface area contributed by atoms with E-state index in [-0.39, 0.29) is 23.9 Å². The summed E-state index contributed by atoms with van der Waals surface area (Å²) in [5.74, 6) is 1.41. The highest BCUT2D eigenvalue weighted by atomic mass is 35.5. The number of methoxy groups -OCH3 is 1. The Hall–Kier alpha value is -2.66. The Labute approximate surface area is 140 Å². The van der Waals surface area contributed by atoms with E-state index in [2.05, 4.69) is 9.97 Å². The molecule has 0 aliphatic carbocycles. The number of hydrogen-bond donors (Lipinski definition) is 3. The molecule has 1 aromatic heterocycles. The van der Waals surface area contributed by atoms with Gasteiger partial charge in [0, 0.05) is 16.8 Å². The minimum atomic E-state index is 0. The van der Waals surface area contributed by atoms with Crippen LogP contribution in [0, 0.1) is 6.92 Å². The number of aromatic hydroxyl groups is 2. The Morgan fingerprint density at radius 3 is 2.30 bits per heavy atom. The number of hydrogen-bond acceptors (Lipinski definition) is 4. The van der Waals surface area contributed by atoms with Gasteiger partial charge in [-0.15, -0.1) is 12.4 Å². The summed E-state index contributed by atoms with van der Waals surface area (Å²) in [6.45, 7) is 1.94. The summed E-state index contributed by atoms with van der Waals surface area (Å²) in [5.41, 5.74) is 3.49. The van der Waals surface area contributed by atoms with E-state index in [0.717, 1.165) is 22.5 Å². The normalized spacial score (nSPS) is 10.2. The van der Waals surface area contributed by atoms with Crippen LogP contribution in [-0.4, -0.2) is 27.3 Å². The van der Waals surface area contributed by atoms with Crippen LogP contribution in [0.5, 0.6) is 17.2 Å². The molecule has 0 saturated heterocycles. The highest BCUT2D eigenvalue weighted by molar-refractivity contribution is 5.85. The Morgan fingerprint density at radius 1 is 1.00 bits per heavy atom. The van der Waals surface area contributed by atoms with Gasteiger partial charge in [0.15, 0.2) is 11.5 Å². The van der Waals surface area contributed by atoms with Crippen LogP contribution in [0.3, 0.4) is 0 Å². The molecule has 0 amide bonds. The number of halogens is 1. The van der Waals surface area contributed by atoms with E-state index in [0.29, 0.717) is 11.6 Å². The van der Waals surface area contributed by atoms with Crippen LogP contribution in [0.25, 0.3) is 22.6 Å². The number of imidazole rings is 1. The monoisotopic (exact) mass is 332 g/mol. The van der Waals surface area contributed by atoms with E-state index in [1.165, 1.54) is 7.11 Å². The number of phenols is 2. The molecule has 5 nitrogen and oxygen atoms in total. The first-order chi connectivity index (χ1) is 10.6. The highest BCUT2D eigenvalue weighted by Gasteiger charge is 2.12. The van der Waals surface area contributed by atoms with Gasteiger partial charge in [0.25, 0.3) is 0 Å². The van der Waals surface area contributed by atoms with Crippen molar-refractivity contribution in [3.05, 3.63) is 48.2 Å². The van der Waals surface area contributed by atoms with Gasteiger partial charge in [-0.1, -0.05) is 0 Å². The number of benzene rings is 2. The number of nitrogens with one attached hydrogen (secondary N) is 1. The summed E-state index contributed by atoms with van der Waals surface area (Å²) >= 11 is 0. The average Bonchev–Trinajstić information content (AvgIpc) is 2.90. The third-order valence-corrected chi connectivity index (χ3v) is 3.48. The molecule has 0 atom stereocenters. The third-order valence-electron chi connectivity index (χ3n) is 3.48. The quantitative estimate of drug-likeness (QED) is 0.680. The minimum Gasteiger partial charge on any atom is -0.508 e. The standard InChI is InChI=1S/C17H16N2O3.ClH/c1-10-16(11-3-6-13(20)7-4-11)19-17(18-10)12-5-8-14(21)15(9-12)22-2;/h3-9,20-21H,1-2H3,(H,18,19);1H. The summed E-state index contributed by atoms with van der Waals surface area (Å²) in [7, 11) is 1.51. The first-order valence-electron chi connectivity index (χ1n) is 6.82. The van der Waals surface area contributed by atoms with Gasteiger partial charge in [0.1, 0.15) is 11.6 Å². The van der Waals surface area contributed by atoms with Crippen molar-refractivity contribution in [2.75, 3.05) is 7.11 Å². The zero-order valence-electron chi connectivity index (χ0n) is 12.7. The molecule has 0 saturated carbocycles. The molecule has 2 aromatic carbocycles. The highest BCUT2D eigenvalue weighted by Crippen LogP contribution is 2.32. The largest absolute Gasteiger partial charge is 0.508 e. The predicted molar refractivity (Wildman–Crippen MR) is 91.3 cm³/mol. The van der Waals surface area contributed by atoms with Crippen molar-refractivity contribution in [2.45, 2.75) is 6.92 Å². The first-order valence-corrected chi connectivity index (χ1v) is 6.82. The van der Waals surface area contributed by atoms with E-state index < -0.39 is 0 Å². The van der Waals surface area contributed by atoms with Gasteiger partial charge < -0.3 is 19.9 Å². The Morgan fingerprint density at radius 2 is 1.65 bits per heavy atom. The molecular weight excluding hydrogens is 316 g/mol. The molecule has 0 radical (unpaired) electrons. The molecule has 1 heterocycles. The summed E-state index contributed by atoms with van der Waals surface area (Å²) in [5, 5.41) is 19.0. The molecule has 0 fully saturated rings. The molecule has 0 spiro atoms. The van der Waals surface area contributed by atoms with Crippen molar-refractivity contribution in [1.29, 1.82) is 0 Å². The summed E-state index contributed by atoms with van der Waals surface area (Å²) in [6, 6.07) is 12.0. The molecule has 0 aliphatic heterocycles. The van der Waals surface area contributed by atoms with Gasteiger partial charge in [-0.2, -0.15) is 0 Å². The molecular formula is C17H17ClN2O3. The number of rotatable bonds is 3. The van der Waals surface area contributed by atoms with Gasteiger partial charge in [-0.3, -0.25) is 0 Å². The maximum Gasteiger partial charge on any atom is 0.161 e. The molecule has 3 N–H and O–H groups in total. The lowest BCUT2D eigenvalue weighted by molar-refractivity contribution is 0.373. The van der Waals surface area contributed by atoms with Gasteiger partial charge in [-0.05, 0) is 49.4 Å². The van der Waals surface area contributed by atoms with Crippen LogP contribution in [0.2, 0.25) is 0 Å². The molecule has 0 aliphatic rings. The summed E-state index contributed by atoms with van der Waals surface area (Å²) in [6.07, 6.45) is 0. The van der Waals surface area contributed by atoms with Crippen molar-refractivity contribution in [2.24, 2.45) is 0 Å². The molecule has 0 unspecified atom stereocenters. The molecule has 120 valence electrons. The van der Waals surface area contributed by atoms with Crippen molar-refractivity contribution < 1.29 is 14.9 Å². The Kier molecular flexibility index (Phi) is 4.81. The minimum absolute atomic E-state index is 0. The smallest absolute Gasteiger partial charge is 0.161 e. The van der Waals surface area contributed by atoms with Gasteiger partial charge in [-0.25, -0.2) is 4.98 Å². The summed E-state index contributed by atoms with van der Waals surface area (Å²) in [4.78, 5) is 7.84. The Balaban J connectivity index is 0.00000192. The van der Waals surface area contributed by atoms with E-state index in [1.807, 2.05) is 19.1 Å². The fraction of sp³-hybridized carbons (Fsp3) is 0.118. The van der Waals surface area contributed by atoms with E-state index in [4.69, 9.17) is 4.74 Å². The second kappa shape index (κ2) is 6.62.